The van der Waals surface area contributed by atoms with E-state index in [0.29, 0.717) is 31.7 Å². The van der Waals surface area contributed by atoms with Gasteiger partial charge in [0.1, 0.15) is 5.82 Å². The predicted octanol–water partition coefficient (Wildman–Crippen LogP) is 1.34. The third-order valence-corrected chi connectivity index (χ3v) is 5.87. The Morgan fingerprint density at radius 3 is 2.56 bits per heavy atom. The van der Waals surface area contributed by atoms with Crippen LogP contribution in [0, 0.1) is 0 Å². The SMILES string of the molecule is C[C@H](N)C(=O)N1CCC(n2nccc2NS(=O)(=O)Cc2ccccc2)CC1. The van der Waals surface area contributed by atoms with Crippen LogP contribution in [0.4, 0.5) is 5.82 Å². The van der Waals surface area contributed by atoms with Crippen LogP contribution in [-0.4, -0.2) is 48.1 Å². The number of rotatable bonds is 6. The summed E-state index contributed by atoms with van der Waals surface area (Å²) < 4.78 is 29.3. The molecule has 146 valence electrons. The average molecular weight is 391 g/mol. The van der Waals surface area contributed by atoms with Gasteiger partial charge in [-0.05, 0) is 25.3 Å². The van der Waals surface area contributed by atoms with Gasteiger partial charge in [-0.2, -0.15) is 5.10 Å². The number of carbonyl (C=O) groups is 1. The number of nitrogens with zero attached hydrogens (tertiary/aromatic N) is 3. The molecule has 1 aromatic heterocycles. The molecule has 3 N–H and O–H groups in total. The number of amides is 1. The number of hydrogen-bond acceptors (Lipinski definition) is 5. The molecule has 2 aromatic rings. The van der Waals surface area contributed by atoms with Crippen LogP contribution in [0.3, 0.4) is 0 Å². The number of benzene rings is 1. The molecule has 27 heavy (non-hydrogen) atoms. The summed E-state index contributed by atoms with van der Waals surface area (Å²) in [6, 6.07) is 10.2. The molecule has 9 heteroatoms. The molecule has 0 spiro atoms. The van der Waals surface area contributed by atoms with Crippen molar-refractivity contribution in [3.05, 3.63) is 48.2 Å². The van der Waals surface area contributed by atoms with E-state index in [0.717, 1.165) is 5.56 Å². The van der Waals surface area contributed by atoms with Gasteiger partial charge < -0.3 is 10.6 Å². The van der Waals surface area contributed by atoms with Crippen LogP contribution in [0.25, 0.3) is 0 Å². The summed E-state index contributed by atoms with van der Waals surface area (Å²) in [5, 5.41) is 4.30. The zero-order chi connectivity index (χ0) is 19.4. The summed E-state index contributed by atoms with van der Waals surface area (Å²) in [5.41, 5.74) is 6.39. The second-order valence-electron chi connectivity index (χ2n) is 6.85. The number of likely N-dealkylation sites (tertiary alicyclic amines) is 1. The van der Waals surface area contributed by atoms with Gasteiger partial charge in [-0.3, -0.25) is 9.52 Å². The molecule has 0 radical (unpaired) electrons. The molecule has 1 aliphatic rings. The van der Waals surface area contributed by atoms with Gasteiger partial charge in [0.15, 0.2) is 0 Å². The number of nitrogens with two attached hydrogens (primary N) is 1. The Bertz CT molecular complexity index is 871. The Balaban J connectivity index is 1.65. The molecule has 0 aliphatic carbocycles. The largest absolute Gasteiger partial charge is 0.341 e. The maximum atomic E-state index is 12.5. The van der Waals surface area contributed by atoms with E-state index in [-0.39, 0.29) is 17.7 Å². The lowest BCUT2D eigenvalue weighted by molar-refractivity contribution is -0.133. The van der Waals surface area contributed by atoms with Crippen LogP contribution in [0.5, 0.6) is 0 Å². The highest BCUT2D eigenvalue weighted by Crippen LogP contribution is 2.26. The lowest BCUT2D eigenvalue weighted by Gasteiger charge is -2.33. The Labute approximate surface area is 159 Å². The van der Waals surface area contributed by atoms with Gasteiger partial charge in [-0.15, -0.1) is 0 Å². The van der Waals surface area contributed by atoms with Gasteiger partial charge in [0.2, 0.25) is 15.9 Å². The number of aromatic nitrogens is 2. The van der Waals surface area contributed by atoms with E-state index >= 15 is 0 Å². The van der Waals surface area contributed by atoms with Crippen molar-refractivity contribution in [1.29, 1.82) is 0 Å². The molecule has 1 amide bonds. The van der Waals surface area contributed by atoms with Gasteiger partial charge in [-0.1, -0.05) is 30.3 Å². The average Bonchev–Trinajstić information content (AvgIpc) is 3.08. The lowest BCUT2D eigenvalue weighted by Crippen LogP contribution is -2.46. The highest BCUT2D eigenvalue weighted by molar-refractivity contribution is 7.91. The number of carbonyl (C=O) groups excluding carboxylic acids is 1. The Kier molecular flexibility index (Phi) is 5.81. The lowest BCUT2D eigenvalue weighted by atomic mass is 10.0. The van der Waals surface area contributed by atoms with Gasteiger partial charge in [-0.25, -0.2) is 13.1 Å². The van der Waals surface area contributed by atoms with Crippen LogP contribution < -0.4 is 10.5 Å². The van der Waals surface area contributed by atoms with E-state index in [1.165, 1.54) is 0 Å². The summed E-state index contributed by atoms with van der Waals surface area (Å²) in [4.78, 5) is 13.8. The smallest absolute Gasteiger partial charge is 0.239 e. The first-order valence-electron chi connectivity index (χ1n) is 8.98. The molecule has 0 unspecified atom stereocenters. The summed E-state index contributed by atoms with van der Waals surface area (Å²) >= 11 is 0. The second-order valence-corrected chi connectivity index (χ2v) is 8.58. The van der Waals surface area contributed by atoms with E-state index < -0.39 is 16.1 Å². The van der Waals surface area contributed by atoms with Crippen LogP contribution in [0.1, 0.15) is 31.4 Å². The van der Waals surface area contributed by atoms with Crippen LogP contribution in [-0.2, 0) is 20.6 Å². The Morgan fingerprint density at radius 1 is 1.26 bits per heavy atom. The minimum absolute atomic E-state index is 0.0338. The molecular formula is C18H25N5O3S. The standard InChI is InChI=1S/C18H25N5O3S/c1-14(19)18(24)22-11-8-16(9-12-22)23-17(7-10-20-23)21-27(25,26)13-15-5-3-2-4-6-15/h2-7,10,14,16,21H,8-9,11-13,19H2,1H3/t14-/m0/s1. The van der Waals surface area contributed by atoms with E-state index in [2.05, 4.69) is 9.82 Å². The van der Waals surface area contributed by atoms with E-state index in [4.69, 9.17) is 5.73 Å². The van der Waals surface area contributed by atoms with Gasteiger partial charge in [0, 0.05) is 19.2 Å². The quantitative estimate of drug-likeness (QED) is 0.772. The topological polar surface area (TPSA) is 110 Å². The van der Waals surface area contributed by atoms with Crippen molar-refractivity contribution >= 4 is 21.7 Å². The summed E-state index contributed by atoms with van der Waals surface area (Å²) in [6.07, 6.45) is 2.99. The molecule has 2 heterocycles. The van der Waals surface area contributed by atoms with Crippen molar-refractivity contribution in [1.82, 2.24) is 14.7 Å². The van der Waals surface area contributed by atoms with Crippen molar-refractivity contribution in [3.63, 3.8) is 0 Å². The maximum absolute atomic E-state index is 12.5. The summed E-state index contributed by atoms with van der Waals surface area (Å²) in [5.74, 6) is 0.293. The van der Waals surface area contributed by atoms with Crippen molar-refractivity contribution in [2.75, 3.05) is 17.8 Å². The maximum Gasteiger partial charge on any atom is 0.239 e. The molecule has 1 aliphatic heterocycles. The molecule has 8 nitrogen and oxygen atoms in total. The van der Waals surface area contributed by atoms with E-state index in [9.17, 15) is 13.2 Å². The number of sulfonamides is 1. The zero-order valence-corrected chi connectivity index (χ0v) is 16.1. The van der Waals surface area contributed by atoms with Gasteiger partial charge in [0.05, 0.1) is 24.0 Å². The third kappa shape index (κ3) is 4.86. The minimum atomic E-state index is -3.55. The highest BCUT2D eigenvalue weighted by atomic mass is 32.2. The molecule has 1 fully saturated rings. The number of anilines is 1. The molecule has 1 saturated heterocycles. The fraction of sp³-hybridized carbons (Fsp3) is 0.444. The van der Waals surface area contributed by atoms with Crippen molar-refractivity contribution in [2.24, 2.45) is 5.73 Å². The molecule has 3 rings (SSSR count). The van der Waals surface area contributed by atoms with Gasteiger partial charge >= 0.3 is 0 Å². The first-order valence-corrected chi connectivity index (χ1v) is 10.6. The van der Waals surface area contributed by atoms with Gasteiger partial charge in [0.25, 0.3) is 0 Å². The van der Waals surface area contributed by atoms with Crippen LogP contribution >= 0.6 is 0 Å². The van der Waals surface area contributed by atoms with E-state index in [1.807, 2.05) is 18.2 Å². The van der Waals surface area contributed by atoms with Crippen molar-refractivity contribution in [2.45, 2.75) is 37.6 Å². The highest BCUT2D eigenvalue weighted by Gasteiger charge is 2.27. The molecular weight excluding hydrogens is 366 g/mol. The van der Waals surface area contributed by atoms with Crippen molar-refractivity contribution < 1.29 is 13.2 Å². The van der Waals surface area contributed by atoms with Crippen molar-refractivity contribution in [3.8, 4) is 0 Å². The summed E-state index contributed by atoms with van der Waals surface area (Å²) in [6.45, 7) is 2.85. The molecule has 0 saturated carbocycles. The molecule has 0 bridgehead atoms. The Hall–Kier alpha value is -2.39. The predicted molar refractivity (Wildman–Crippen MR) is 103 cm³/mol. The fourth-order valence-electron chi connectivity index (χ4n) is 3.29. The fourth-order valence-corrected chi connectivity index (χ4v) is 4.48. The number of hydrogen-bond donors (Lipinski definition) is 2. The first kappa shape index (κ1) is 19.4. The molecule has 1 aromatic carbocycles. The number of nitrogens with one attached hydrogen (secondary N) is 1. The van der Waals surface area contributed by atoms with Crippen LogP contribution in [0.2, 0.25) is 0 Å². The monoisotopic (exact) mass is 391 g/mol. The first-order chi connectivity index (χ1) is 12.9. The number of piperidine rings is 1. The third-order valence-electron chi connectivity index (χ3n) is 4.64. The van der Waals surface area contributed by atoms with Crippen LogP contribution in [0.15, 0.2) is 42.6 Å². The summed E-state index contributed by atoms with van der Waals surface area (Å²) in [7, 11) is -3.55. The second kappa shape index (κ2) is 8.10. The normalized spacial score (nSPS) is 16.9. The minimum Gasteiger partial charge on any atom is -0.341 e. The zero-order valence-electron chi connectivity index (χ0n) is 15.3. The van der Waals surface area contributed by atoms with E-state index in [1.54, 1.807) is 40.9 Å². The molecule has 1 atom stereocenters. The Morgan fingerprint density at radius 2 is 1.93 bits per heavy atom.